The largest absolute Gasteiger partial charge is 0.352 e. The Bertz CT molecular complexity index is 891. The van der Waals surface area contributed by atoms with E-state index in [2.05, 4.69) is 10.3 Å². The molecule has 1 saturated carbocycles. The van der Waals surface area contributed by atoms with Gasteiger partial charge in [0.2, 0.25) is 5.91 Å². The summed E-state index contributed by atoms with van der Waals surface area (Å²) in [5, 5.41) is 3.79. The highest BCUT2D eigenvalue weighted by molar-refractivity contribution is 6.30. The summed E-state index contributed by atoms with van der Waals surface area (Å²) < 4.78 is 1.95. The van der Waals surface area contributed by atoms with Crippen molar-refractivity contribution in [1.29, 1.82) is 0 Å². The van der Waals surface area contributed by atoms with Crippen LogP contribution in [0.3, 0.4) is 0 Å². The Labute approximate surface area is 151 Å². The third-order valence-corrected chi connectivity index (χ3v) is 4.87. The van der Waals surface area contributed by atoms with Crippen molar-refractivity contribution >= 4 is 17.5 Å². The Kier molecular flexibility index (Phi) is 4.28. The first kappa shape index (κ1) is 15.9. The van der Waals surface area contributed by atoms with Gasteiger partial charge in [0.15, 0.2) is 0 Å². The van der Waals surface area contributed by atoms with E-state index in [1.807, 2.05) is 59.3 Å². The van der Waals surface area contributed by atoms with E-state index in [4.69, 9.17) is 11.6 Å². The van der Waals surface area contributed by atoms with E-state index < -0.39 is 0 Å². The summed E-state index contributed by atoms with van der Waals surface area (Å²) in [5.74, 6) is 0.423. The van der Waals surface area contributed by atoms with Crippen molar-refractivity contribution in [2.75, 3.05) is 0 Å². The lowest BCUT2D eigenvalue weighted by molar-refractivity contribution is -0.122. The van der Waals surface area contributed by atoms with E-state index in [0.717, 1.165) is 28.3 Å². The van der Waals surface area contributed by atoms with Crippen molar-refractivity contribution in [2.45, 2.75) is 18.9 Å². The number of benzene rings is 2. The van der Waals surface area contributed by atoms with Crippen LogP contribution in [0, 0.1) is 5.92 Å². The van der Waals surface area contributed by atoms with Crippen molar-refractivity contribution < 1.29 is 4.79 Å². The molecule has 1 fully saturated rings. The van der Waals surface area contributed by atoms with Gasteiger partial charge in [-0.3, -0.25) is 4.79 Å². The molecule has 1 heterocycles. The van der Waals surface area contributed by atoms with E-state index in [0.29, 0.717) is 6.54 Å². The fourth-order valence-electron chi connectivity index (χ4n) is 3.22. The standard InChI is InChI=1S/C20H18ClN3O/c21-16-6-3-5-14(10-16)17-11-18(17)20(25)23-12-15-4-1-2-7-19(15)24-9-8-22-13-24/h1-10,13,17-18H,11-12H2,(H,23,25)/t17-,18+/m1/s1. The monoisotopic (exact) mass is 351 g/mol. The molecule has 5 heteroatoms. The van der Waals surface area contributed by atoms with E-state index in [1.54, 1.807) is 12.5 Å². The van der Waals surface area contributed by atoms with Gasteiger partial charge in [0.05, 0.1) is 12.0 Å². The van der Waals surface area contributed by atoms with Gasteiger partial charge in [-0.1, -0.05) is 41.9 Å². The predicted molar refractivity (Wildman–Crippen MR) is 97.7 cm³/mol. The van der Waals surface area contributed by atoms with Crippen molar-refractivity contribution in [3.8, 4) is 5.69 Å². The third-order valence-electron chi connectivity index (χ3n) is 4.63. The summed E-state index contributed by atoms with van der Waals surface area (Å²) in [6, 6.07) is 15.8. The highest BCUT2D eigenvalue weighted by Crippen LogP contribution is 2.47. The summed E-state index contributed by atoms with van der Waals surface area (Å²) in [7, 11) is 0. The van der Waals surface area contributed by atoms with Gasteiger partial charge in [-0.05, 0) is 41.7 Å². The fourth-order valence-corrected chi connectivity index (χ4v) is 3.42. The second-order valence-electron chi connectivity index (χ2n) is 6.32. The van der Waals surface area contributed by atoms with Crippen LogP contribution >= 0.6 is 11.6 Å². The van der Waals surface area contributed by atoms with Gasteiger partial charge >= 0.3 is 0 Å². The van der Waals surface area contributed by atoms with E-state index in [1.165, 1.54) is 0 Å². The quantitative estimate of drug-likeness (QED) is 0.756. The van der Waals surface area contributed by atoms with Crippen LogP contribution < -0.4 is 5.32 Å². The number of nitrogens with zero attached hydrogens (tertiary/aromatic N) is 2. The molecule has 0 bridgehead atoms. The van der Waals surface area contributed by atoms with Crippen LogP contribution in [-0.2, 0) is 11.3 Å². The zero-order valence-corrected chi connectivity index (χ0v) is 14.4. The summed E-state index contributed by atoms with van der Waals surface area (Å²) in [4.78, 5) is 16.6. The van der Waals surface area contributed by atoms with Crippen LogP contribution in [0.1, 0.15) is 23.5 Å². The fraction of sp³-hybridized carbons (Fsp3) is 0.200. The zero-order chi connectivity index (χ0) is 17.2. The minimum absolute atomic E-state index is 0.0406. The molecule has 0 unspecified atom stereocenters. The first-order valence-electron chi connectivity index (χ1n) is 8.32. The molecule has 2 aromatic carbocycles. The number of rotatable bonds is 5. The molecular weight excluding hydrogens is 334 g/mol. The minimum Gasteiger partial charge on any atom is -0.352 e. The van der Waals surface area contributed by atoms with Crippen LogP contribution in [0.15, 0.2) is 67.3 Å². The molecular formula is C20H18ClN3O. The summed E-state index contributed by atoms with van der Waals surface area (Å²) >= 11 is 6.04. The van der Waals surface area contributed by atoms with Crippen LogP contribution in [0.5, 0.6) is 0 Å². The van der Waals surface area contributed by atoms with E-state index in [-0.39, 0.29) is 17.7 Å². The Morgan fingerprint density at radius 1 is 1.24 bits per heavy atom. The number of hydrogen-bond acceptors (Lipinski definition) is 2. The van der Waals surface area contributed by atoms with Crippen molar-refractivity contribution in [1.82, 2.24) is 14.9 Å². The van der Waals surface area contributed by atoms with Gasteiger partial charge < -0.3 is 9.88 Å². The maximum atomic E-state index is 12.5. The number of para-hydroxylation sites is 1. The molecule has 0 radical (unpaired) electrons. The Hall–Kier alpha value is -2.59. The molecule has 1 aliphatic carbocycles. The molecule has 3 aromatic rings. The predicted octanol–water partition coefficient (Wildman–Crippen LogP) is 3.95. The topological polar surface area (TPSA) is 46.9 Å². The van der Waals surface area contributed by atoms with Crippen LogP contribution in [0.4, 0.5) is 0 Å². The smallest absolute Gasteiger partial charge is 0.224 e. The van der Waals surface area contributed by atoms with Crippen LogP contribution in [-0.4, -0.2) is 15.5 Å². The second kappa shape index (κ2) is 6.73. The first-order chi connectivity index (χ1) is 12.2. The number of imidazole rings is 1. The number of carbonyl (C=O) groups is 1. The highest BCUT2D eigenvalue weighted by Gasteiger charge is 2.43. The molecule has 1 aromatic heterocycles. The number of aromatic nitrogens is 2. The molecule has 1 N–H and O–H groups in total. The maximum Gasteiger partial charge on any atom is 0.224 e. The van der Waals surface area contributed by atoms with Crippen molar-refractivity contribution in [3.05, 3.63) is 83.4 Å². The molecule has 1 amide bonds. The highest BCUT2D eigenvalue weighted by atomic mass is 35.5. The molecule has 1 aliphatic rings. The van der Waals surface area contributed by atoms with Gasteiger partial charge in [-0.2, -0.15) is 0 Å². The van der Waals surface area contributed by atoms with Gasteiger partial charge in [0, 0.05) is 29.9 Å². The lowest BCUT2D eigenvalue weighted by Gasteiger charge is -2.11. The second-order valence-corrected chi connectivity index (χ2v) is 6.76. The summed E-state index contributed by atoms with van der Waals surface area (Å²) in [6.45, 7) is 0.506. The minimum atomic E-state index is 0.0406. The number of carbonyl (C=O) groups excluding carboxylic acids is 1. The van der Waals surface area contributed by atoms with Gasteiger partial charge in [-0.25, -0.2) is 4.98 Å². The number of halogens is 1. The lowest BCUT2D eigenvalue weighted by Crippen LogP contribution is -2.25. The van der Waals surface area contributed by atoms with Crippen LogP contribution in [0.2, 0.25) is 5.02 Å². The molecule has 0 saturated heterocycles. The Morgan fingerprint density at radius 2 is 2.12 bits per heavy atom. The molecule has 0 spiro atoms. The van der Waals surface area contributed by atoms with Crippen LogP contribution in [0.25, 0.3) is 5.69 Å². The summed E-state index contributed by atoms with van der Waals surface area (Å²) in [6.07, 6.45) is 6.29. The van der Waals surface area contributed by atoms with E-state index >= 15 is 0 Å². The zero-order valence-electron chi connectivity index (χ0n) is 13.6. The molecule has 4 rings (SSSR count). The summed E-state index contributed by atoms with van der Waals surface area (Å²) in [5.41, 5.74) is 3.24. The molecule has 25 heavy (non-hydrogen) atoms. The Balaban J connectivity index is 1.41. The SMILES string of the molecule is O=C(NCc1ccccc1-n1ccnc1)[C@H]1C[C@@H]1c1cccc(Cl)c1. The van der Waals surface area contributed by atoms with Crippen molar-refractivity contribution in [3.63, 3.8) is 0 Å². The maximum absolute atomic E-state index is 12.5. The first-order valence-corrected chi connectivity index (χ1v) is 8.69. The molecule has 4 nitrogen and oxygen atoms in total. The molecule has 2 atom stereocenters. The number of nitrogens with one attached hydrogen (secondary N) is 1. The lowest BCUT2D eigenvalue weighted by atomic mass is 10.1. The normalized spacial score (nSPS) is 18.8. The van der Waals surface area contributed by atoms with Gasteiger partial charge in [0.25, 0.3) is 0 Å². The van der Waals surface area contributed by atoms with Gasteiger partial charge in [-0.15, -0.1) is 0 Å². The Morgan fingerprint density at radius 3 is 2.92 bits per heavy atom. The van der Waals surface area contributed by atoms with Gasteiger partial charge in [0.1, 0.15) is 0 Å². The molecule has 126 valence electrons. The van der Waals surface area contributed by atoms with Crippen molar-refractivity contribution in [2.24, 2.45) is 5.92 Å². The molecule has 0 aliphatic heterocycles. The average Bonchev–Trinajstić information content (AvgIpc) is 3.25. The number of amides is 1. The number of hydrogen-bond donors (Lipinski definition) is 1. The average molecular weight is 352 g/mol. The van der Waals surface area contributed by atoms with E-state index in [9.17, 15) is 4.79 Å². The third kappa shape index (κ3) is 3.44.